The second kappa shape index (κ2) is 9.64. The molecule has 0 aliphatic heterocycles. The van der Waals surface area contributed by atoms with E-state index in [1.54, 1.807) is 36.4 Å². The highest BCUT2D eigenvalue weighted by Gasteiger charge is 2.19. The largest absolute Gasteiger partial charge is 0.399 e. The van der Waals surface area contributed by atoms with Crippen LogP contribution in [0.1, 0.15) is 21.5 Å². The molecule has 2 amide bonds. The summed E-state index contributed by atoms with van der Waals surface area (Å²) in [5.41, 5.74) is 14.9. The zero-order valence-corrected chi connectivity index (χ0v) is 14.3. The fourth-order valence-electron chi connectivity index (χ4n) is 2.08. The molecule has 1 atom stereocenters. The molecule has 0 aromatic heterocycles. The van der Waals surface area contributed by atoms with E-state index >= 15 is 0 Å². The van der Waals surface area contributed by atoms with Crippen LogP contribution >= 0.6 is 0 Å². The first kappa shape index (κ1) is 19.5. The number of nitrogens with two attached hydrogens (primary N) is 2. The minimum Gasteiger partial charge on any atom is -0.399 e. The Balaban J connectivity index is 2.02. The summed E-state index contributed by atoms with van der Waals surface area (Å²) in [6.07, 6.45) is 0. The number of anilines is 1. The molecule has 0 aliphatic rings. The highest BCUT2D eigenvalue weighted by Crippen LogP contribution is 2.05. The molecule has 7 heteroatoms. The summed E-state index contributed by atoms with van der Waals surface area (Å²) in [5.74, 6) is 9.96. The van der Waals surface area contributed by atoms with Gasteiger partial charge in [0.25, 0.3) is 11.8 Å². The molecule has 0 saturated heterocycles. The Hall–Kier alpha value is -3.78. The van der Waals surface area contributed by atoms with Crippen LogP contribution in [0.2, 0.25) is 0 Å². The smallest absolute Gasteiger partial charge is 0.267 e. The summed E-state index contributed by atoms with van der Waals surface area (Å²) in [6.45, 7) is -0.145. The molecular weight excluding hydrogens is 344 g/mol. The molecule has 7 nitrogen and oxygen atoms in total. The maximum Gasteiger partial charge on any atom is 0.267 e. The summed E-state index contributed by atoms with van der Waals surface area (Å²) >= 11 is 0. The molecule has 27 heavy (non-hydrogen) atoms. The normalized spacial score (nSPS) is 10.4. The SMILES string of the molecule is NC[C@H](NC(=O)c1ccc(C#CC#Cc2cccc(N)c2)cc1)C(=O)NO. The molecule has 0 bridgehead atoms. The summed E-state index contributed by atoms with van der Waals surface area (Å²) in [6, 6.07) is 12.6. The average molecular weight is 362 g/mol. The fraction of sp³-hybridized carbons (Fsp3) is 0.100. The van der Waals surface area contributed by atoms with Gasteiger partial charge in [0.15, 0.2) is 0 Å². The zero-order valence-electron chi connectivity index (χ0n) is 14.3. The first-order chi connectivity index (χ1) is 13.0. The van der Waals surface area contributed by atoms with Crippen LogP contribution in [0.5, 0.6) is 0 Å². The van der Waals surface area contributed by atoms with E-state index in [9.17, 15) is 9.59 Å². The number of benzene rings is 2. The molecule has 2 rings (SSSR count). The van der Waals surface area contributed by atoms with Crippen molar-refractivity contribution in [2.75, 3.05) is 12.3 Å². The van der Waals surface area contributed by atoms with E-state index in [0.29, 0.717) is 16.8 Å². The standard InChI is InChI=1S/C20H18N4O3/c21-13-18(20(26)24-27)23-19(25)16-10-8-14(9-11-16)4-1-2-5-15-6-3-7-17(22)12-15/h3,6-12,18,27H,13,21-22H2,(H,23,25)(H,24,26)/t18-/m0/s1. The van der Waals surface area contributed by atoms with Gasteiger partial charge in [-0.05, 0) is 54.3 Å². The Morgan fingerprint density at radius 3 is 2.30 bits per heavy atom. The summed E-state index contributed by atoms with van der Waals surface area (Å²) in [7, 11) is 0. The van der Waals surface area contributed by atoms with Crippen LogP contribution in [0.25, 0.3) is 0 Å². The monoisotopic (exact) mass is 362 g/mol. The number of nitrogen functional groups attached to an aromatic ring is 1. The molecule has 2 aromatic carbocycles. The summed E-state index contributed by atoms with van der Waals surface area (Å²) in [5, 5.41) is 11.0. The number of hydroxylamine groups is 1. The van der Waals surface area contributed by atoms with Gasteiger partial charge >= 0.3 is 0 Å². The molecule has 7 N–H and O–H groups in total. The van der Waals surface area contributed by atoms with Crippen LogP contribution in [0.3, 0.4) is 0 Å². The van der Waals surface area contributed by atoms with Crippen LogP contribution in [0, 0.1) is 23.7 Å². The van der Waals surface area contributed by atoms with Crippen molar-refractivity contribution in [3.8, 4) is 23.7 Å². The van der Waals surface area contributed by atoms with Crippen LogP contribution < -0.4 is 22.3 Å². The number of hydrogen-bond acceptors (Lipinski definition) is 5. The van der Waals surface area contributed by atoms with E-state index in [0.717, 1.165) is 5.56 Å². The number of rotatable bonds is 4. The predicted molar refractivity (Wildman–Crippen MR) is 101 cm³/mol. The predicted octanol–water partition coefficient (Wildman–Crippen LogP) is 0.234. The third-order valence-electron chi connectivity index (χ3n) is 3.48. The number of carbonyl (C=O) groups is 2. The van der Waals surface area contributed by atoms with E-state index < -0.39 is 17.9 Å². The zero-order chi connectivity index (χ0) is 19.6. The minimum absolute atomic E-state index is 0.145. The summed E-state index contributed by atoms with van der Waals surface area (Å²) < 4.78 is 0. The van der Waals surface area contributed by atoms with E-state index in [1.807, 2.05) is 12.1 Å². The van der Waals surface area contributed by atoms with Crippen molar-refractivity contribution in [2.45, 2.75) is 6.04 Å². The number of nitrogens with one attached hydrogen (secondary N) is 2. The van der Waals surface area contributed by atoms with E-state index in [-0.39, 0.29) is 6.54 Å². The van der Waals surface area contributed by atoms with Crippen LogP contribution in [0.4, 0.5) is 5.69 Å². The molecule has 136 valence electrons. The maximum atomic E-state index is 12.1. The molecular formula is C20H18N4O3. The lowest BCUT2D eigenvalue weighted by atomic mass is 10.1. The highest BCUT2D eigenvalue weighted by atomic mass is 16.5. The molecule has 0 unspecified atom stereocenters. The van der Waals surface area contributed by atoms with Gasteiger partial charge in [0.05, 0.1) is 0 Å². The van der Waals surface area contributed by atoms with E-state index in [2.05, 4.69) is 29.0 Å². The maximum absolute atomic E-state index is 12.1. The third kappa shape index (κ3) is 5.91. The second-order valence-corrected chi connectivity index (χ2v) is 5.44. The average Bonchev–Trinajstić information content (AvgIpc) is 2.69. The van der Waals surface area contributed by atoms with Crippen LogP contribution in [-0.4, -0.2) is 29.6 Å². The van der Waals surface area contributed by atoms with Crippen LogP contribution in [-0.2, 0) is 4.79 Å². The summed E-state index contributed by atoms with van der Waals surface area (Å²) in [4.78, 5) is 23.4. The minimum atomic E-state index is -1.02. The van der Waals surface area contributed by atoms with Gasteiger partial charge in [-0.2, -0.15) is 0 Å². The molecule has 0 spiro atoms. The van der Waals surface area contributed by atoms with Gasteiger partial charge in [0, 0.05) is 28.9 Å². The van der Waals surface area contributed by atoms with Gasteiger partial charge in [0.2, 0.25) is 0 Å². The topological polar surface area (TPSA) is 130 Å². The van der Waals surface area contributed by atoms with Gasteiger partial charge in [0.1, 0.15) is 6.04 Å². The van der Waals surface area contributed by atoms with E-state index in [4.69, 9.17) is 16.7 Å². The molecule has 0 radical (unpaired) electrons. The first-order valence-corrected chi connectivity index (χ1v) is 7.96. The molecule has 2 aromatic rings. The second-order valence-electron chi connectivity index (χ2n) is 5.44. The van der Waals surface area contributed by atoms with Crippen molar-refractivity contribution >= 4 is 17.5 Å². The number of hydrogen-bond donors (Lipinski definition) is 5. The lowest BCUT2D eigenvalue weighted by Crippen LogP contribution is -2.50. The lowest BCUT2D eigenvalue weighted by molar-refractivity contribution is -0.130. The number of amides is 2. The first-order valence-electron chi connectivity index (χ1n) is 7.96. The van der Waals surface area contributed by atoms with Crippen molar-refractivity contribution < 1.29 is 14.8 Å². The van der Waals surface area contributed by atoms with Crippen molar-refractivity contribution in [3.63, 3.8) is 0 Å². The van der Waals surface area contributed by atoms with Gasteiger partial charge < -0.3 is 16.8 Å². The van der Waals surface area contributed by atoms with Gasteiger partial charge in [-0.1, -0.05) is 17.9 Å². The number of carbonyl (C=O) groups excluding carboxylic acids is 2. The fourth-order valence-corrected chi connectivity index (χ4v) is 2.08. The van der Waals surface area contributed by atoms with Crippen LogP contribution in [0.15, 0.2) is 48.5 Å². The van der Waals surface area contributed by atoms with Crippen molar-refractivity contribution in [1.82, 2.24) is 10.8 Å². The highest BCUT2D eigenvalue weighted by molar-refractivity contribution is 5.97. The Morgan fingerprint density at radius 1 is 1.04 bits per heavy atom. The van der Waals surface area contributed by atoms with Gasteiger partial charge in [-0.15, -0.1) is 0 Å². The third-order valence-corrected chi connectivity index (χ3v) is 3.48. The Labute approximate surface area is 156 Å². The van der Waals surface area contributed by atoms with Gasteiger partial charge in [-0.25, -0.2) is 5.48 Å². The molecule has 0 aliphatic carbocycles. The van der Waals surface area contributed by atoms with Crippen molar-refractivity contribution in [3.05, 3.63) is 65.2 Å². The van der Waals surface area contributed by atoms with E-state index in [1.165, 1.54) is 5.48 Å². The van der Waals surface area contributed by atoms with Crippen molar-refractivity contribution in [1.29, 1.82) is 0 Å². The Kier molecular flexibility index (Phi) is 6.98. The Morgan fingerprint density at radius 2 is 1.70 bits per heavy atom. The van der Waals surface area contributed by atoms with Crippen molar-refractivity contribution in [2.24, 2.45) is 5.73 Å². The molecule has 0 fully saturated rings. The lowest BCUT2D eigenvalue weighted by Gasteiger charge is -2.14. The van der Waals surface area contributed by atoms with Gasteiger partial charge in [-0.3, -0.25) is 14.8 Å². The Bertz CT molecular complexity index is 947. The quantitative estimate of drug-likeness (QED) is 0.230. The molecule has 0 saturated carbocycles. The molecule has 0 heterocycles.